The van der Waals surface area contributed by atoms with Gasteiger partial charge in [-0.3, -0.25) is 4.98 Å². The molecule has 0 aliphatic rings. The normalized spacial score (nSPS) is 10.4. The Morgan fingerprint density at radius 3 is 2.73 bits per heavy atom. The summed E-state index contributed by atoms with van der Waals surface area (Å²) >= 11 is 5.52. The Labute approximate surface area is 91.5 Å². The van der Waals surface area contributed by atoms with Gasteiger partial charge in [-0.15, -0.1) is 11.6 Å². The number of halogens is 3. The van der Waals surface area contributed by atoms with E-state index in [4.69, 9.17) is 16.9 Å². The molecule has 15 heavy (non-hydrogen) atoms. The lowest BCUT2D eigenvalue weighted by atomic mass is 10.1. The number of rotatable bonds is 3. The van der Waals surface area contributed by atoms with Gasteiger partial charge in [0.05, 0.1) is 24.1 Å². The largest absolute Gasteiger partial charge is 0.265 e. The molecule has 1 aromatic rings. The SMILES string of the molecule is Cc1nc(CCl)c(C(F)F)cc1CC#N. The molecule has 0 aliphatic heterocycles. The molecule has 80 valence electrons. The van der Waals surface area contributed by atoms with Crippen LogP contribution in [-0.4, -0.2) is 4.98 Å². The highest BCUT2D eigenvalue weighted by Gasteiger charge is 2.16. The second-order valence-corrected chi connectivity index (χ2v) is 3.31. The number of hydrogen-bond donors (Lipinski definition) is 0. The lowest BCUT2D eigenvalue weighted by molar-refractivity contribution is 0.150. The molecule has 0 bridgehead atoms. The average Bonchev–Trinajstić information content (AvgIpc) is 2.20. The Balaban J connectivity index is 3.25. The van der Waals surface area contributed by atoms with Crippen molar-refractivity contribution in [2.75, 3.05) is 0 Å². The van der Waals surface area contributed by atoms with Crippen LogP contribution in [0.25, 0.3) is 0 Å². The molecule has 0 aromatic carbocycles. The number of nitrogens with zero attached hydrogens (tertiary/aromatic N) is 2. The third kappa shape index (κ3) is 2.63. The second-order valence-electron chi connectivity index (χ2n) is 3.04. The van der Waals surface area contributed by atoms with Crippen LogP contribution in [0.4, 0.5) is 8.78 Å². The van der Waals surface area contributed by atoms with Gasteiger partial charge in [0.2, 0.25) is 0 Å². The van der Waals surface area contributed by atoms with E-state index in [1.807, 2.05) is 6.07 Å². The maximum Gasteiger partial charge on any atom is 0.265 e. The standard InChI is InChI=1S/C10H9ClF2N2/c1-6-7(2-3-14)4-8(10(12)13)9(5-11)15-6/h4,10H,2,5H2,1H3. The molecule has 0 atom stereocenters. The molecule has 2 nitrogen and oxygen atoms in total. The predicted molar refractivity (Wildman–Crippen MR) is 52.8 cm³/mol. The molecule has 0 saturated carbocycles. The van der Waals surface area contributed by atoms with E-state index in [-0.39, 0.29) is 23.6 Å². The summed E-state index contributed by atoms with van der Waals surface area (Å²) in [5, 5.41) is 8.51. The highest BCUT2D eigenvalue weighted by Crippen LogP contribution is 2.25. The quantitative estimate of drug-likeness (QED) is 0.748. The Bertz CT molecular complexity index is 399. The first kappa shape index (κ1) is 11.9. The summed E-state index contributed by atoms with van der Waals surface area (Å²) in [5.74, 6) is -0.0483. The van der Waals surface area contributed by atoms with Crippen molar-refractivity contribution in [2.24, 2.45) is 0 Å². The maximum atomic E-state index is 12.6. The fraction of sp³-hybridized carbons (Fsp3) is 0.400. The lowest BCUT2D eigenvalue weighted by Gasteiger charge is -2.09. The smallest absolute Gasteiger partial charge is 0.256 e. The van der Waals surface area contributed by atoms with Crippen molar-refractivity contribution in [1.29, 1.82) is 5.26 Å². The summed E-state index contributed by atoms with van der Waals surface area (Å²) in [6.45, 7) is 1.68. The van der Waals surface area contributed by atoms with E-state index in [0.29, 0.717) is 11.3 Å². The van der Waals surface area contributed by atoms with Gasteiger partial charge in [0, 0.05) is 11.3 Å². The van der Waals surface area contributed by atoms with Gasteiger partial charge < -0.3 is 0 Å². The minimum absolute atomic E-state index is 0.0483. The minimum atomic E-state index is -2.61. The molecule has 0 fully saturated rings. The Morgan fingerprint density at radius 2 is 2.27 bits per heavy atom. The third-order valence-electron chi connectivity index (χ3n) is 2.06. The highest BCUT2D eigenvalue weighted by atomic mass is 35.5. The van der Waals surface area contributed by atoms with Crippen LogP contribution in [0.15, 0.2) is 6.07 Å². The number of pyridine rings is 1. The van der Waals surface area contributed by atoms with Gasteiger partial charge in [0.15, 0.2) is 0 Å². The van der Waals surface area contributed by atoms with Crippen molar-refractivity contribution in [1.82, 2.24) is 4.98 Å². The van der Waals surface area contributed by atoms with Crippen molar-refractivity contribution < 1.29 is 8.78 Å². The number of hydrogen-bond acceptors (Lipinski definition) is 2. The molecule has 1 heterocycles. The van der Waals surface area contributed by atoms with E-state index < -0.39 is 6.43 Å². The number of alkyl halides is 3. The molecule has 0 radical (unpaired) electrons. The summed E-state index contributed by atoms with van der Waals surface area (Å²) in [7, 11) is 0. The van der Waals surface area contributed by atoms with Gasteiger partial charge in [-0.1, -0.05) is 0 Å². The van der Waals surface area contributed by atoms with E-state index in [9.17, 15) is 8.78 Å². The molecule has 0 aliphatic carbocycles. The van der Waals surface area contributed by atoms with Gasteiger partial charge in [-0.05, 0) is 18.6 Å². The first-order valence-electron chi connectivity index (χ1n) is 4.30. The zero-order chi connectivity index (χ0) is 11.4. The first-order valence-corrected chi connectivity index (χ1v) is 4.84. The van der Waals surface area contributed by atoms with Gasteiger partial charge in [-0.25, -0.2) is 8.78 Å². The molecule has 0 N–H and O–H groups in total. The van der Waals surface area contributed by atoms with Crippen LogP contribution in [0, 0.1) is 18.3 Å². The number of aromatic nitrogens is 1. The topological polar surface area (TPSA) is 36.7 Å². The van der Waals surface area contributed by atoms with Crippen LogP contribution < -0.4 is 0 Å². The summed E-state index contributed by atoms with van der Waals surface area (Å²) in [5.41, 5.74) is 1.12. The van der Waals surface area contributed by atoms with Crippen molar-refractivity contribution >= 4 is 11.6 Å². The molecular weight excluding hydrogens is 222 g/mol. The lowest BCUT2D eigenvalue weighted by Crippen LogP contribution is -2.02. The maximum absolute atomic E-state index is 12.6. The van der Waals surface area contributed by atoms with Gasteiger partial charge >= 0.3 is 0 Å². The molecular formula is C10H9ClF2N2. The van der Waals surface area contributed by atoms with Crippen LogP contribution in [0.5, 0.6) is 0 Å². The Kier molecular flexibility index (Phi) is 3.98. The summed E-state index contributed by atoms with van der Waals surface area (Å²) in [6, 6.07) is 3.22. The van der Waals surface area contributed by atoms with Crippen LogP contribution in [0.2, 0.25) is 0 Å². The minimum Gasteiger partial charge on any atom is -0.256 e. The second kappa shape index (κ2) is 5.04. The Morgan fingerprint density at radius 1 is 1.60 bits per heavy atom. The zero-order valence-electron chi connectivity index (χ0n) is 8.10. The Hall–Kier alpha value is -1.21. The van der Waals surface area contributed by atoms with Gasteiger partial charge in [-0.2, -0.15) is 5.26 Å². The molecule has 0 spiro atoms. The summed E-state index contributed by atoms with van der Waals surface area (Å²) < 4.78 is 25.2. The van der Waals surface area contributed by atoms with Crippen LogP contribution in [-0.2, 0) is 12.3 Å². The van der Waals surface area contributed by atoms with Crippen molar-refractivity contribution in [3.05, 3.63) is 28.6 Å². The zero-order valence-corrected chi connectivity index (χ0v) is 8.85. The first-order chi connectivity index (χ1) is 7.10. The number of nitriles is 1. The molecule has 1 aromatic heterocycles. The molecule has 0 amide bonds. The molecule has 0 unspecified atom stereocenters. The van der Waals surface area contributed by atoms with Crippen molar-refractivity contribution in [3.63, 3.8) is 0 Å². The van der Waals surface area contributed by atoms with E-state index in [0.717, 1.165) is 0 Å². The molecule has 5 heteroatoms. The van der Waals surface area contributed by atoms with E-state index in [1.165, 1.54) is 6.07 Å². The predicted octanol–water partition coefficient (Wildman–Crippen LogP) is 3.13. The van der Waals surface area contributed by atoms with E-state index >= 15 is 0 Å². The highest BCUT2D eigenvalue weighted by molar-refractivity contribution is 6.17. The van der Waals surface area contributed by atoms with Crippen molar-refractivity contribution in [2.45, 2.75) is 25.7 Å². The van der Waals surface area contributed by atoms with E-state index in [2.05, 4.69) is 4.98 Å². The number of aryl methyl sites for hydroxylation is 1. The monoisotopic (exact) mass is 230 g/mol. The average molecular weight is 231 g/mol. The fourth-order valence-corrected chi connectivity index (χ4v) is 1.49. The summed E-state index contributed by atoms with van der Waals surface area (Å²) in [6.07, 6.45) is -2.52. The van der Waals surface area contributed by atoms with Gasteiger partial charge in [0.1, 0.15) is 0 Å². The fourth-order valence-electron chi connectivity index (χ4n) is 1.27. The van der Waals surface area contributed by atoms with Crippen LogP contribution in [0.3, 0.4) is 0 Å². The van der Waals surface area contributed by atoms with Gasteiger partial charge in [0.25, 0.3) is 6.43 Å². The molecule has 0 saturated heterocycles. The third-order valence-corrected chi connectivity index (χ3v) is 2.31. The summed E-state index contributed by atoms with van der Waals surface area (Å²) in [4.78, 5) is 3.97. The molecule has 1 rings (SSSR count). The van der Waals surface area contributed by atoms with E-state index in [1.54, 1.807) is 6.92 Å². The van der Waals surface area contributed by atoms with Crippen molar-refractivity contribution in [3.8, 4) is 6.07 Å². The van der Waals surface area contributed by atoms with Crippen LogP contribution in [0.1, 0.15) is 28.9 Å². The van der Waals surface area contributed by atoms with Crippen LogP contribution >= 0.6 is 11.6 Å².